The number of hydrogen-bond acceptors (Lipinski definition) is 4. The van der Waals surface area contributed by atoms with Gasteiger partial charge >= 0.3 is 7.12 Å². The zero-order valence-electron chi connectivity index (χ0n) is 13.8. The molecule has 6 heteroatoms. The van der Waals surface area contributed by atoms with Crippen LogP contribution in [-0.4, -0.2) is 23.3 Å². The highest BCUT2D eigenvalue weighted by atomic mass is 35.5. The summed E-state index contributed by atoms with van der Waals surface area (Å²) in [5.74, 6) is 0.465. The van der Waals surface area contributed by atoms with Crippen LogP contribution in [-0.2, 0) is 9.31 Å². The second-order valence-corrected chi connectivity index (χ2v) is 7.23. The van der Waals surface area contributed by atoms with Crippen LogP contribution in [0.5, 0.6) is 0 Å². The fraction of sp³-hybridized carbons (Fsp3) is 0.353. The van der Waals surface area contributed by atoms with Crippen molar-refractivity contribution in [3.63, 3.8) is 0 Å². The highest BCUT2D eigenvalue weighted by Gasteiger charge is 2.51. The van der Waals surface area contributed by atoms with E-state index in [4.69, 9.17) is 26.6 Å². The van der Waals surface area contributed by atoms with Gasteiger partial charge in [-0.15, -0.1) is 0 Å². The lowest BCUT2D eigenvalue weighted by atomic mass is 9.79. The highest BCUT2D eigenvalue weighted by molar-refractivity contribution is 6.62. The molecule has 0 atom stereocenters. The summed E-state index contributed by atoms with van der Waals surface area (Å²) < 4.78 is 12.2. The van der Waals surface area contributed by atoms with E-state index in [9.17, 15) is 0 Å². The van der Waals surface area contributed by atoms with E-state index in [1.165, 1.54) is 0 Å². The van der Waals surface area contributed by atoms with Crippen LogP contribution in [0.15, 0.2) is 36.5 Å². The fourth-order valence-electron chi connectivity index (χ4n) is 2.46. The Morgan fingerprint density at radius 3 is 2.17 bits per heavy atom. The van der Waals surface area contributed by atoms with Crippen molar-refractivity contribution in [3.8, 4) is 11.1 Å². The number of hydrogen-bond donors (Lipinski definition) is 1. The molecule has 0 amide bonds. The number of halogens is 1. The van der Waals surface area contributed by atoms with Crippen molar-refractivity contribution in [2.45, 2.75) is 38.9 Å². The fourth-order valence-corrected chi connectivity index (χ4v) is 2.59. The first-order chi connectivity index (χ1) is 10.7. The third-order valence-corrected chi connectivity index (χ3v) is 4.87. The topological polar surface area (TPSA) is 57.4 Å². The van der Waals surface area contributed by atoms with Crippen molar-refractivity contribution in [2.24, 2.45) is 0 Å². The molecular weight excluding hydrogens is 310 g/mol. The Hall–Kier alpha value is -1.56. The van der Waals surface area contributed by atoms with Gasteiger partial charge in [0.25, 0.3) is 0 Å². The van der Waals surface area contributed by atoms with Gasteiger partial charge in [0.05, 0.1) is 11.2 Å². The van der Waals surface area contributed by atoms with Crippen LogP contribution in [0.1, 0.15) is 27.7 Å². The third kappa shape index (κ3) is 2.96. The summed E-state index contributed by atoms with van der Waals surface area (Å²) in [6, 6.07) is 9.47. The Labute approximate surface area is 142 Å². The number of aromatic nitrogens is 1. The summed E-state index contributed by atoms with van der Waals surface area (Å²) in [5.41, 5.74) is 7.91. The van der Waals surface area contributed by atoms with Gasteiger partial charge in [-0.3, -0.25) is 0 Å². The van der Waals surface area contributed by atoms with Gasteiger partial charge in [-0.05, 0) is 51.5 Å². The van der Waals surface area contributed by atoms with Crippen LogP contribution in [0, 0.1) is 0 Å². The van der Waals surface area contributed by atoms with E-state index in [-0.39, 0.29) is 11.2 Å². The molecule has 1 aromatic carbocycles. The van der Waals surface area contributed by atoms with Crippen LogP contribution in [0.2, 0.25) is 5.02 Å². The molecule has 1 aromatic heterocycles. The lowest BCUT2D eigenvalue weighted by molar-refractivity contribution is 0.00578. The van der Waals surface area contributed by atoms with E-state index in [1.54, 1.807) is 6.20 Å². The number of pyridine rings is 1. The summed E-state index contributed by atoms with van der Waals surface area (Å²) in [7, 11) is -0.459. The van der Waals surface area contributed by atoms with E-state index in [1.807, 2.05) is 58.0 Å². The molecule has 2 heterocycles. The van der Waals surface area contributed by atoms with Crippen LogP contribution in [0.4, 0.5) is 5.82 Å². The average Bonchev–Trinajstić information content (AvgIpc) is 2.69. The second-order valence-electron chi connectivity index (χ2n) is 6.80. The molecule has 4 nitrogen and oxygen atoms in total. The summed E-state index contributed by atoms with van der Waals surface area (Å²) in [6.45, 7) is 8.10. The zero-order chi connectivity index (χ0) is 16.8. The first kappa shape index (κ1) is 16.3. The number of nitrogens with two attached hydrogens (primary N) is 1. The van der Waals surface area contributed by atoms with Crippen LogP contribution in [0.25, 0.3) is 11.1 Å². The second kappa shape index (κ2) is 5.51. The molecule has 2 aromatic rings. The molecule has 0 spiro atoms. The molecule has 1 aliphatic heterocycles. The first-order valence-corrected chi connectivity index (χ1v) is 7.94. The van der Waals surface area contributed by atoms with E-state index >= 15 is 0 Å². The molecular formula is C17H20BClN2O2. The molecule has 0 bridgehead atoms. The molecule has 3 rings (SSSR count). The normalized spacial score (nSPS) is 19.1. The van der Waals surface area contributed by atoms with Gasteiger partial charge in [0.2, 0.25) is 0 Å². The number of nitrogen functional groups attached to an aromatic ring is 1. The predicted molar refractivity (Wildman–Crippen MR) is 94.8 cm³/mol. The summed E-state index contributed by atoms with van der Waals surface area (Å²) >= 11 is 5.95. The summed E-state index contributed by atoms with van der Waals surface area (Å²) in [4.78, 5) is 4.30. The Balaban J connectivity index is 1.97. The number of benzene rings is 1. The van der Waals surface area contributed by atoms with Crippen LogP contribution >= 0.6 is 11.6 Å². The lowest BCUT2D eigenvalue weighted by Gasteiger charge is -2.32. The Morgan fingerprint density at radius 2 is 1.61 bits per heavy atom. The largest absolute Gasteiger partial charge is 0.496 e. The van der Waals surface area contributed by atoms with E-state index in [2.05, 4.69) is 4.98 Å². The molecule has 0 aliphatic carbocycles. The number of nitrogens with zero attached hydrogens (tertiary/aromatic N) is 1. The van der Waals surface area contributed by atoms with Crippen molar-refractivity contribution in [1.29, 1.82) is 0 Å². The molecule has 2 N–H and O–H groups in total. The maximum atomic E-state index is 6.08. The van der Waals surface area contributed by atoms with Crippen molar-refractivity contribution in [3.05, 3.63) is 41.6 Å². The van der Waals surface area contributed by atoms with Crippen molar-refractivity contribution >= 4 is 30.0 Å². The molecule has 0 unspecified atom stereocenters. The molecule has 0 saturated carbocycles. The number of anilines is 1. The SMILES string of the molecule is CC1(C)OB(c2cnc(N)c(-c3ccc(Cl)cc3)c2)OC1(C)C. The van der Waals surface area contributed by atoms with Crippen LogP contribution in [0.3, 0.4) is 0 Å². The molecule has 1 saturated heterocycles. The maximum Gasteiger partial charge on any atom is 0.496 e. The quantitative estimate of drug-likeness (QED) is 0.859. The predicted octanol–water partition coefficient (Wildman–Crippen LogP) is 3.28. The first-order valence-electron chi connectivity index (χ1n) is 7.57. The van der Waals surface area contributed by atoms with Crippen LogP contribution < -0.4 is 11.2 Å². The van der Waals surface area contributed by atoms with Gasteiger partial charge < -0.3 is 15.0 Å². The van der Waals surface area contributed by atoms with E-state index in [0.29, 0.717) is 10.8 Å². The van der Waals surface area contributed by atoms with Gasteiger partial charge in [-0.2, -0.15) is 0 Å². The minimum Gasteiger partial charge on any atom is -0.399 e. The van der Waals surface area contributed by atoms with E-state index < -0.39 is 7.12 Å². The monoisotopic (exact) mass is 330 g/mol. The third-order valence-electron chi connectivity index (χ3n) is 4.62. The summed E-state index contributed by atoms with van der Waals surface area (Å²) in [6.07, 6.45) is 1.71. The molecule has 1 fully saturated rings. The maximum absolute atomic E-state index is 6.08. The molecule has 120 valence electrons. The van der Waals surface area contributed by atoms with Gasteiger partial charge in [-0.25, -0.2) is 4.98 Å². The lowest BCUT2D eigenvalue weighted by Crippen LogP contribution is -2.41. The van der Waals surface area contributed by atoms with Crippen molar-refractivity contribution in [1.82, 2.24) is 4.98 Å². The smallest absolute Gasteiger partial charge is 0.399 e. The summed E-state index contributed by atoms with van der Waals surface area (Å²) in [5, 5.41) is 0.683. The minimum absolute atomic E-state index is 0.389. The van der Waals surface area contributed by atoms with E-state index in [0.717, 1.165) is 16.6 Å². The van der Waals surface area contributed by atoms with Crippen molar-refractivity contribution in [2.75, 3.05) is 5.73 Å². The molecule has 0 radical (unpaired) electrons. The minimum atomic E-state index is -0.459. The van der Waals surface area contributed by atoms with Gasteiger partial charge in [-0.1, -0.05) is 23.7 Å². The molecule has 23 heavy (non-hydrogen) atoms. The average molecular weight is 331 g/mol. The number of rotatable bonds is 2. The Bertz CT molecular complexity index is 716. The van der Waals surface area contributed by atoms with Crippen molar-refractivity contribution < 1.29 is 9.31 Å². The zero-order valence-corrected chi connectivity index (χ0v) is 14.5. The molecule has 1 aliphatic rings. The van der Waals surface area contributed by atoms with Gasteiger partial charge in [0.1, 0.15) is 5.82 Å². The van der Waals surface area contributed by atoms with Gasteiger partial charge in [0, 0.05) is 22.2 Å². The Kier molecular flexibility index (Phi) is 3.91. The van der Waals surface area contributed by atoms with Gasteiger partial charge in [0.15, 0.2) is 0 Å². The standard InChI is InChI=1S/C17H20BClN2O2/c1-16(2)17(3,4)23-18(22-16)12-9-14(15(20)21-10-12)11-5-7-13(19)8-6-11/h5-10H,1-4H3,(H2,20,21). The highest BCUT2D eigenvalue weighted by Crippen LogP contribution is 2.36. The Morgan fingerprint density at radius 1 is 1.04 bits per heavy atom.